The Morgan fingerprint density at radius 2 is 1.73 bits per heavy atom. The van der Waals surface area contributed by atoms with E-state index < -0.39 is 0 Å². The van der Waals surface area contributed by atoms with Crippen molar-refractivity contribution in [3.8, 4) is 0 Å². The molecule has 1 rings (SSSR count). The molecule has 1 saturated heterocycles. The average Bonchev–Trinajstić information content (AvgIpc) is 2.46. The molecule has 3 N–H and O–H groups in total. The fourth-order valence-electron chi connectivity index (χ4n) is 2.54. The summed E-state index contributed by atoms with van der Waals surface area (Å²) < 4.78 is 17.7. The van der Waals surface area contributed by atoms with Crippen LogP contribution in [0.1, 0.15) is 53.9 Å². The van der Waals surface area contributed by atoms with Gasteiger partial charge in [0.1, 0.15) is 12.2 Å². The number of quaternary nitrogens is 1. The highest BCUT2D eigenvalue weighted by molar-refractivity contribution is 5.74. The van der Waals surface area contributed by atoms with Crippen LogP contribution in [0.15, 0.2) is 0 Å². The zero-order valence-corrected chi connectivity index (χ0v) is 14.8. The molecule has 130 valence electrons. The summed E-state index contributed by atoms with van der Waals surface area (Å²) in [6.07, 6.45) is 1.96. The Morgan fingerprint density at radius 3 is 2.32 bits per heavy atom. The number of hydrogen-bond acceptors (Lipinski definition) is 4. The third kappa shape index (κ3) is 6.63. The van der Waals surface area contributed by atoms with Crippen LogP contribution in [0.5, 0.6) is 0 Å². The number of carbonyl (C=O) groups excluding carboxylic acids is 1. The summed E-state index contributed by atoms with van der Waals surface area (Å²) in [5.74, 6) is 0.675. The Balaban J connectivity index is 2.81. The van der Waals surface area contributed by atoms with Crippen LogP contribution >= 0.6 is 0 Å². The zero-order valence-electron chi connectivity index (χ0n) is 14.8. The Kier molecular flexibility index (Phi) is 8.36. The van der Waals surface area contributed by atoms with Gasteiger partial charge in [0.25, 0.3) is 0 Å². The number of carbonyl (C=O) groups is 1. The van der Waals surface area contributed by atoms with Gasteiger partial charge in [0.2, 0.25) is 0 Å². The van der Waals surface area contributed by atoms with Gasteiger partial charge in [-0.2, -0.15) is 0 Å². The van der Waals surface area contributed by atoms with Crippen molar-refractivity contribution in [3.63, 3.8) is 0 Å². The van der Waals surface area contributed by atoms with Gasteiger partial charge < -0.3 is 19.9 Å². The van der Waals surface area contributed by atoms with E-state index in [9.17, 15) is 4.79 Å². The lowest BCUT2D eigenvalue weighted by molar-refractivity contribution is -0.410. The van der Waals surface area contributed by atoms with Crippen LogP contribution in [0.2, 0.25) is 0 Å². The summed E-state index contributed by atoms with van der Waals surface area (Å²) in [6, 6.07) is -0.294. The number of rotatable bonds is 6. The maximum atomic E-state index is 12.0. The minimum Gasteiger partial charge on any atom is -0.455 e. The lowest BCUT2D eigenvalue weighted by Crippen LogP contribution is -2.65. The Bertz CT molecular complexity index is 333. The summed E-state index contributed by atoms with van der Waals surface area (Å²) in [5, 5.41) is 0. The van der Waals surface area contributed by atoms with Crippen LogP contribution in [0.25, 0.3) is 0 Å². The van der Waals surface area contributed by atoms with Crippen LogP contribution in [-0.2, 0) is 19.0 Å². The smallest absolute Gasteiger partial charge is 0.365 e. The third-order valence-electron chi connectivity index (χ3n) is 3.77. The Morgan fingerprint density at radius 1 is 1.14 bits per heavy atom. The predicted octanol–water partition coefficient (Wildman–Crippen LogP) is 1.79. The molecule has 1 aliphatic rings. The first-order chi connectivity index (χ1) is 10.3. The van der Waals surface area contributed by atoms with Crippen molar-refractivity contribution in [3.05, 3.63) is 0 Å². The fraction of sp³-hybridized carbons (Fsp3) is 0.941. The van der Waals surface area contributed by atoms with Gasteiger partial charge in [0.05, 0.1) is 6.10 Å². The number of hydrogen-bond donors (Lipinski definition) is 1. The van der Waals surface area contributed by atoms with Crippen LogP contribution in [-0.4, -0.2) is 43.5 Å². The first-order valence-electron chi connectivity index (χ1n) is 8.58. The van der Waals surface area contributed by atoms with E-state index in [1.165, 1.54) is 0 Å². The van der Waals surface area contributed by atoms with Gasteiger partial charge >= 0.3 is 5.97 Å². The Hall–Kier alpha value is -0.650. The van der Waals surface area contributed by atoms with Crippen LogP contribution in [0.4, 0.5) is 0 Å². The van der Waals surface area contributed by atoms with Crippen LogP contribution < -0.4 is 5.73 Å². The highest BCUT2D eigenvalue weighted by Gasteiger charge is 2.35. The SMILES string of the molecule is CC(C)CO[C@H]1[C@H](C)OC(=O)[C@@H]([NH3+])CCC[C@@H]1OCC(C)C. The maximum Gasteiger partial charge on any atom is 0.365 e. The summed E-state index contributed by atoms with van der Waals surface area (Å²) >= 11 is 0. The van der Waals surface area contributed by atoms with Gasteiger partial charge in [0.15, 0.2) is 6.04 Å². The van der Waals surface area contributed by atoms with Crippen LogP contribution in [0, 0.1) is 11.8 Å². The monoisotopic (exact) mass is 316 g/mol. The van der Waals surface area contributed by atoms with E-state index in [0.717, 1.165) is 19.3 Å². The average molecular weight is 316 g/mol. The van der Waals surface area contributed by atoms with Crippen molar-refractivity contribution in [2.75, 3.05) is 13.2 Å². The lowest BCUT2D eigenvalue weighted by Gasteiger charge is -2.32. The fourth-order valence-corrected chi connectivity index (χ4v) is 2.54. The van der Waals surface area contributed by atoms with E-state index in [-0.39, 0.29) is 30.3 Å². The van der Waals surface area contributed by atoms with E-state index in [1.54, 1.807) is 0 Å². The second kappa shape index (κ2) is 9.48. The molecule has 0 bridgehead atoms. The van der Waals surface area contributed by atoms with Gasteiger partial charge in [-0.05, 0) is 31.6 Å². The Labute approximate surface area is 134 Å². The third-order valence-corrected chi connectivity index (χ3v) is 3.77. The molecular weight excluding hydrogens is 282 g/mol. The number of ether oxygens (including phenoxy) is 3. The molecule has 4 atom stereocenters. The molecule has 0 saturated carbocycles. The van der Waals surface area contributed by atoms with Crippen molar-refractivity contribution in [2.45, 2.75) is 78.2 Å². The van der Waals surface area contributed by atoms with E-state index in [2.05, 4.69) is 33.4 Å². The quantitative estimate of drug-likeness (QED) is 0.758. The molecule has 1 aliphatic heterocycles. The molecule has 0 radical (unpaired) electrons. The van der Waals surface area contributed by atoms with Crippen molar-refractivity contribution in [1.82, 2.24) is 0 Å². The molecule has 1 fully saturated rings. The molecule has 0 spiro atoms. The van der Waals surface area contributed by atoms with Crippen molar-refractivity contribution < 1.29 is 24.7 Å². The van der Waals surface area contributed by atoms with Crippen LogP contribution in [0.3, 0.4) is 0 Å². The summed E-state index contributed by atoms with van der Waals surface area (Å²) in [6.45, 7) is 11.7. The molecule has 5 nitrogen and oxygen atoms in total. The molecule has 0 aromatic carbocycles. The maximum absolute atomic E-state index is 12.0. The standard InChI is InChI=1S/C17H33NO4/c1-11(2)9-20-15-8-6-7-14(18)17(19)22-13(5)16(15)21-10-12(3)4/h11-16H,6-10,18H2,1-5H3/p+1/t13-,14-,15-,16-/m0/s1. The predicted molar refractivity (Wildman–Crippen MR) is 85.2 cm³/mol. The van der Waals surface area contributed by atoms with Crippen molar-refractivity contribution >= 4 is 5.97 Å². The van der Waals surface area contributed by atoms with Gasteiger partial charge in [-0.25, -0.2) is 4.79 Å². The summed E-state index contributed by atoms with van der Waals surface area (Å²) in [7, 11) is 0. The van der Waals surface area contributed by atoms with Crippen molar-refractivity contribution in [1.29, 1.82) is 0 Å². The van der Waals surface area contributed by atoms with Gasteiger partial charge in [-0.3, -0.25) is 0 Å². The van der Waals surface area contributed by atoms with E-state index >= 15 is 0 Å². The molecule has 0 aliphatic carbocycles. The molecule has 0 amide bonds. The van der Waals surface area contributed by atoms with Gasteiger partial charge in [-0.1, -0.05) is 27.7 Å². The minimum absolute atomic E-state index is 0.0331. The molecule has 5 heteroatoms. The molecular formula is C17H34NO4+. The largest absolute Gasteiger partial charge is 0.455 e. The van der Waals surface area contributed by atoms with Crippen molar-refractivity contribution in [2.24, 2.45) is 11.8 Å². The normalized spacial score (nSPS) is 30.8. The van der Waals surface area contributed by atoms with E-state index in [4.69, 9.17) is 14.2 Å². The second-order valence-electron chi connectivity index (χ2n) is 7.23. The molecule has 0 aromatic rings. The van der Waals surface area contributed by atoms with E-state index in [1.807, 2.05) is 6.92 Å². The molecule has 0 aromatic heterocycles. The van der Waals surface area contributed by atoms with Gasteiger partial charge in [0, 0.05) is 19.6 Å². The first kappa shape index (κ1) is 19.4. The minimum atomic E-state index is -0.314. The van der Waals surface area contributed by atoms with E-state index in [0.29, 0.717) is 25.0 Å². The molecule has 0 unspecified atom stereocenters. The summed E-state index contributed by atoms with van der Waals surface area (Å²) in [4.78, 5) is 12.0. The molecule has 22 heavy (non-hydrogen) atoms. The lowest BCUT2D eigenvalue weighted by atomic mass is 10.0. The molecule has 1 heterocycles. The zero-order chi connectivity index (χ0) is 16.7. The summed E-state index contributed by atoms with van der Waals surface area (Å²) in [5.41, 5.74) is 3.90. The highest BCUT2D eigenvalue weighted by atomic mass is 16.6. The first-order valence-corrected chi connectivity index (χ1v) is 8.58. The number of cyclic esters (lactones) is 1. The highest BCUT2D eigenvalue weighted by Crippen LogP contribution is 2.22. The second-order valence-corrected chi connectivity index (χ2v) is 7.23. The van der Waals surface area contributed by atoms with Gasteiger partial charge in [-0.15, -0.1) is 0 Å². The number of esters is 1. The topological polar surface area (TPSA) is 72.4 Å².